The predicted octanol–water partition coefficient (Wildman–Crippen LogP) is 2.95. The average Bonchev–Trinajstić information content (AvgIpc) is 2.95. The maximum absolute atomic E-state index is 3.91. The van der Waals surface area contributed by atoms with Crippen LogP contribution in [0.15, 0.2) is 0 Å². The molecular formula is C13H23N. The molecule has 1 nitrogen and oxygen atoms in total. The van der Waals surface area contributed by atoms with Crippen LogP contribution in [-0.4, -0.2) is 12.1 Å². The van der Waals surface area contributed by atoms with E-state index in [1.165, 1.54) is 44.9 Å². The smallest absolute Gasteiger partial charge is 0.0126 e. The first-order valence-electron chi connectivity index (χ1n) is 6.59. The van der Waals surface area contributed by atoms with Crippen LogP contribution in [-0.2, 0) is 0 Å². The highest BCUT2D eigenvalue weighted by molar-refractivity contribution is 4.97. The highest BCUT2D eigenvalue weighted by atomic mass is 15.0. The van der Waals surface area contributed by atoms with Crippen molar-refractivity contribution in [3.05, 3.63) is 0 Å². The Morgan fingerprint density at radius 1 is 1.00 bits per heavy atom. The lowest BCUT2D eigenvalue weighted by molar-refractivity contribution is 0.354. The average molecular weight is 193 g/mol. The standard InChI is InChI=1S/C13H23N/c1-9(8-10-2-3-10)14-13(11-4-5-11)12-6-7-12/h9-14H,2-8H2,1H3. The maximum atomic E-state index is 3.91. The van der Waals surface area contributed by atoms with Crippen molar-refractivity contribution in [2.75, 3.05) is 0 Å². The quantitative estimate of drug-likeness (QED) is 0.684. The van der Waals surface area contributed by atoms with Gasteiger partial charge in [-0.05, 0) is 56.8 Å². The minimum atomic E-state index is 0.786. The van der Waals surface area contributed by atoms with E-state index in [-0.39, 0.29) is 0 Å². The van der Waals surface area contributed by atoms with Gasteiger partial charge < -0.3 is 5.32 Å². The molecule has 1 N–H and O–H groups in total. The number of hydrogen-bond acceptors (Lipinski definition) is 1. The van der Waals surface area contributed by atoms with Gasteiger partial charge in [0.15, 0.2) is 0 Å². The predicted molar refractivity (Wildman–Crippen MR) is 59.2 cm³/mol. The van der Waals surface area contributed by atoms with E-state index >= 15 is 0 Å². The molecule has 0 radical (unpaired) electrons. The second kappa shape index (κ2) is 3.52. The van der Waals surface area contributed by atoms with Gasteiger partial charge in [0.25, 0.3) is 0 Å². The van der Waals surface area contributed by atoms with E-state index in [2.05, 4.69) is 12.2 Å². The van der Waals surface area contributed by atoms with Gasteiger partial charge in [-0.2, -0.15) is 0 Å². The summed E-state index contributed by atoms with van der Waals surface area (Å²) in [5.41, 5.74) is 0. The van der Waals surface area contributed by atoms with Gasteiger partial charge in [-0.15, -0.1) is 0 Å². The van der Waals surface area contributed by atoms with Gasteiger partial charge in [-0.25, -0.2) is 0 Å². The van der Waals surface area contributed by atoms with Gasteiger partial charge in [0.1, 0.15) is 0 Å². The van der Waals surface area contributed by atoms with Gasteiger partial charge in [-0.1, -0.05) is 12.8 Å². The van der Waals surface area contributed by atoms with Crippen LogP contribution in [0.1, 0.15) is 51.9 Å². The van der Waals surface area contributed by atoms with Crippen molar-refractivity contribution in [2.45, 2.75) is 64.0 Å². The molecule has 14 heavy (non-hydrogen) atoms. The van der Waals surface area contributed by atoms with E-state index in [0.717, 1.165) is 29.8 Å². The molecule has 0 aliphatic heterocycles. The van der Waals surface area contributed by atoms with Crippen molar-refractivity contribution in [3.8, 4) is 0 Å². The minimum Gasteiger partial charge on any atom is -0.311 e. The Kier molecular flexibility index (Phi) is 2.31. The van der Waals surface area contributed by atoms with Gasteiger partial charge >= 0.3 is 0 Å². The molecule has 0 amide bonds. The van der Waals surface area contributed by atoms with E-state index in [4.69, 9.17) is 0 Å². The number of hydrogen-bond donors (Lipinski definition) is 1. The number of nitrogens with one attached hydrogen (secondary N) is 1. The normalized spacial score (nSPS) is 29.6. The summed E-state index contributed by atoms with van der Waals surface area (Å²) in [6.07, 6.45) is 10.5. The van der Waals surface area contributed by atoms with Crippen LogP contribution >= 0.6 is 0 Å². The molecule has 1 heteroatoms. The highest BCUT2D eigenvalue weighted by Crippen LogP contribution is 2.45. The Labute approximate surface area is 87.7 Å². The van der Waals surface area contributed by atoms with Crippen LogP contribution in [0.3, 0.4) is 0 Å². The second-order valence-electron chi connectivity index (χ2n) is 5.95. The van der Waals surface area contributed by atoms with Gasteiger partial charge in [0.2, 0.25) is 0 Å². The molecule has 3 aliphatic carbocycles. The van der Waals surface area contributed by atoms with E-state index in [0.29, 0.717) is 0 Å². The summed E-state index contributed by atoms with van der Waals surface area (Å²) in [4.78, 5) is 0. The van der Waals surface area contributed by atoms with Crippen molar-refractivity contribution in [1.82, 2.24) is 5.32 Å². The fourth-order valence-corrected chi connectivity index (χ4v) is 2.82. The zero-order valence-electron chi connectivity index (χ0n) is 9.34. The summed E-state index contributed by atoms with van der Waals surface area (Å²) >= 11 is 0. The van der Waals surface area contributed by atoms with E-state index in [1.807, 2.05) is 0 Å². The lowest BCUT2D eigenvalue weighted by atomic mass is 10.0. The largest absolute Gasteiger partial charge is 0.311 e. The van der Waals surface area contributed by atoms with Crippen molar-refractivity contribution < 1.29 is 0 Å². The first kappa shape index (κ1) is 9.21. The molecule has 0 aromatic rings. The third-order valence-electron chi connectivity index (χ3n) is 4.12. The van der Waals surface area contributed by atoms with E-state index < -0.39 is 0 Å². The summed E-state index contributed by atoms with van der Waals surface area (Å²) in [5.74, 6) is 3.20. The molecule has 80 valence electrons. The molecule has 0 aromatic carbocycles. The first-order chi connectivity index (χ1) is 6.83. The SMILES string of the molecule is CC(CC1CC1)NC(C1CC1)C1CC1. The Bertz CT molecular complexity index is 189. The molecule has 1 atom stereocenters. The first-order valence-corrected chi connectivity index (χ1v) is 6.59. The Morgan fingerprint density at radius 3 is 2.00 bits per heavy atom. The van der Waals surface area contributed by atoms with Crippen LogP contribution in [0.4, 0.5) is 0 Å². The Balaban J connectivity index is 1.46. The Morgan fingerprint density at radius 2 is 1.57 bits per heavy atom. The van der Waals surface area contributed by atoms with Crippen LogP contribution in [0.2, 0.25) is 0 Å². The molecule has 3 saturated carbocycles. The van der Waals surface area contributed by atoms with Crippen LogP contribution < -0.4 is 5.32 Å². The summed E-state index contributed by atoms with van der Waals surface area (Å²) < 4.78 is 0. The molecule has 1 unspecified atom stereocenters. The topological polar surface area (TPSA) is 12.0 Å². The van der Waals surface area contributed by atoms with Crippen molar-refractivity contribution in [3.63, 3.8) is 0 Å². The molecule has 0 aromatic heterocycles. The van der Waals surface area contributed by atoms with Crippen molar-refractivity contribution >= 4 is 0 Å². The fraction of sp³-hybridized carbons (Fsp3) is 1.00. The second-order valence-corrected chi connectivity index (χ2v) is 5.95. The minimum absolute atomic E-state index is 0.786. The summed E-state index contributed by atoms with van der Waals surface area (Å²) in [7, 11) is 0. The monoisotopic (exact) mass is 193 g/mol. The fourth-order valence-electron chi connectivity index (χ4n) is 2.82. The summed E-state index contributed by atoms with van der Waals surface area (Å²) in [6, 6.07) is 1.69. The molecule has 3 fully saturated rings. The highest BCUT2D eigenvalue weighted by Gasteiger charge is 2.41. The van der Waals surface area contributed by atoms with Gasteiger partial charge in [-0.3, -0.25) is 0 Å². The third kappa shape index (κ3) is 2.31. The van der Waals surface area contributed by atoms with E-state index in [9.17, 15) is 0 Å². The zero-order chi connectivity index (χ0) is 9.54. The van der Waals surface area contributed by atoms with E-state index in [1.54, 1.807) is 0 Å². The van der Waals surface area contributed by atoms with Crippen molar-refractivity contribution in [1.29, 1.82) is 0 Å². The van der Waals surface area contributed by atoms with Crippen LogP contribution in [0.25, 0.3) is 0 Å². The molecule has 0 saturated heterocycles. The lowest BCUT2D eigenvalue weighted by Gasteiger charge is -2.23. The molecule has 3 rings (SSSR count). The summed E-state index contributed by atoms with van der Waals surface area (Å²) in [5, 5.41) is 3.91. The lowest BCUT2D eigenvalue weighted by Crippen LogP contribution is -2.39. The Hall–Kier alpha value is -0.0400. The van der Waals surface area contributed by atoms with Crippen LogP contribution in [0, 0.1) is 17.8 Å². The maximum Gasteiger partial charge on any atom is 0.0126 e. The molecular weight excluding hydrogens is 170 g/mol. The summed E-state index contributed by atoms with van der Waals surface area (Å²) in [6.45, 7) is 2.40. The number of rotatable bonds is 6. The third-order valence-corrected chi connectivity index (χ3v) is 4.12. The molecule has 0 bridgehead atoms. The zero-order valence-corrected chi connectivity index (χ0v) is 9.34. The van der Waals surface area contributed by atoms with Crippen LogP contribution in [0.5, 0.6) is 0 Å². The van der Waals surface area contributed by atoms with Crippen molar-refractivity contribution in [2.24, 2.45) is 17.8 Å². The van der Waals surface area contributed by atoms with Gasteiger partial charge in [0, 0.05) is 12.1 Å². The molecule has 0 spiro atoms. The van der Waals surface area contributed by atoms with Gasteiger partial charge in [0.05, 0.1) is 0 Å². The molecule has 0 heterocycles. The molecule has 3 aliphatic rings.